The van der Waals surface area contributed by atoms with Gasteiger partial charge in [0.1, 0.15) is 0 Å². The van der Waals surface area contributed by atoms with Crippen molar-refractivity contribution in [2.75, 3.05) is 12.4 Å². The lowest BCUT2D eigenvalue weighted by atomic mass is 10.0. The zero-order chi connectivity index (χ0) is 13.1. The number of aromatic amines is 1. The number of nitrogens with zero attached hydrogens (tertiary/aromatic N) is 2. The lowest BCUT2D eigenvalue weighted by molar-refractivity contribution is 0.102. The van der Waals surface area contributed by atoms with E-state index in [1.165, 1.54) is 7.11 Å². The van der Waals surface area contributed by atoms with Crippen molar-refractivity contribution < 1.29 is 9.53 Å². The standard InChI is InChI=1S/C12H14N4O2/c1-7-5-4-6-8(2)9(7)10(17)13-11-14-12(18-3)16-15-11/h4-6H,1-3H3,(H2,13,14,15,16,17). The van der Waals surface area contributed by atoms with E-state index in [1.54, 1.807) is 0 Å². The quantitative estimate of drug-likeness (QED) is 0.863. The van der Waals surface area contributed by atoms with Gasteiger partial charge in [0.15, 0.2) is 0 Å². The van der Waals surface area contributed by atoms with Gasteiger partial charge in [-0.3, -0.25) is 10.1 Å². The number of anilines is 1. The average molecular weight is 246 g/mol. The minimum absolute atomic E-state index is 0.187. The summed E-state index contributed by atoms with van der Waals surface area (Å²) in [6.07, 6.45) is 0. The van der Waals surface area contributed by atoms with E-state index in [-0.39, 0.29) is 17.9 Å². The van der Waals surface area contributed by atoms with Crippen LogP contribution < -0.4 is 10.1 Å². The molecular weight excluding hydrogens is 232 g/mol. The minimum atomic E-state index is -0.218. The molecule has 2 aromatic rings. The first kappa shape index (κ1) is 12.1. The molecule has 0 radical (unpaired) electrons. The van der Waals surface area contributed by atoms with Crippen LogP contribution in [0.15, 0.2) is 18.2 Å². The van der Waals surface area contributed by atoms with E-state index in [0.717, 1.165) is 11.1 Å². The highest BCUT2D eigenvalue weighted by atomic mass is 16.5. The van der Waals surface area contributed by atoms with Crippen LogP contribution in [0.1, 0.15) is 21.5 Å². The molecule has 1 heterocycles. The molecule has 18 heavy (non-hydrogen) atoms. The van der Waals surface area contributed by atoms with E-state index in [4.69, 9.17) is 4.74 Å². The molecule has 0 atom stereocenters. The van der Waals surface area contributed by atoms with Gasteiger partial charge in [0.05, 0.1) is 7.11 Å². The highest BCUT2D eigenvalue weighted by molar-refractivity contribution is 6.05. The number of nitrogens with one attached hydrogen (secondary N) is 2. The first-order valence-electron chi connectivity index (χ1n) is 5.45. The van der Waals surface area contributed by atoms with E-state index < -0.39 is 0 Å². The number of rotatable bonds is 3. The Morgan fingerprint density at radius 3 is 2.56 bits per heavy atom. The lowest BCUT2D eigenvalue weighted by Crippen LogP contribution is -2.15. The smallest absolute Gasteiger partial charge is 0.336 e. The Morgan fingerprint density at radius 1 is 1.33 bits per heavy atom. The summed E-state index contributed by atoms with van der Waals surface area (Å²) in [5.41, 5.74) is 2.48. The van der Waals surface area contributed by atoms with Gasteiger partial charge >= 0.3 is 6.01 Å². The number of methoxy groups -OCH3 is 1. The van der Waals surface area contributed by atoms with E-state index >= 15 is 0 Å². The number of aromatic nitrogens is 3. The minimum Gasteiger partial charge on any atom is -0.466 e. The fraction of sp³-hybridized carbons (Fsp3) is 0.250. The summed E-state index contributed by atoms with van der Waals surface area (Å²) in [6.45, 7) is 3.78. The number of H-pyrrole nitrogens is 1. The second-order valence-corrected chi connectivity index (χ2v) is 3.89. The molecule has 0 saturated heterocycles. The number of benzene rings is 1. The molecule has 94 valence electrons. The van der Waals surface area contributed by atoms with E-state index in [9.17, 15) is 4.79 Å². The van der Waals surface area contributed by atoms with Gasteiger partial charge in [-0.25, -0.2) is 5.10 Å². The summed E-state index contributed by atoms with van der Waals surface area (Å²) >= 11 is 0. The normalized spacial score (nSPS) is 10.2. The first-order chi connectivity index (χ1) is 8.61. The molecule has 1 aromatic carbocycles. The number of ether oxygens (including phenoxy) is 1. The third-order valence-corrected chi connectivity index (χ3v) is 2.59. The van der Waals surface area contributed by atoms with Crippen LogP contribution in [0, 0.1) is 13.8 Å². The maximum Gasteiger partial charge on any atom is 0.336 e. The molecule has 0 aliphatic rings. The number of hydrogen-bond donors (Lipinski definition) is 2. The van der Waals surface area contributed by atoms with Crippen LogP contribution in [-0.2, 0) is 0 Å². The molecule has 0 fully saturated rings. The predicted octanol–water partition coefficient (Wildman–Crippen LogP) is 1.68. The lowest BCUT2D eigenvalue weighted by Gasteiger charge is -2.08. The van der Waals surface area contributed by atoms with Gasteiger partial charge in [0.25, 0.3) is 5.91 Å². The molecule has 0 aliphatic heterocycles. The fourth-order valence-electron chi connectivity index (χ4n) is 1.74. The van der Waals surface area contributed by atoms with Crippen molar-refractivity contribution >= 4 is 11.9 Å². The van der Waals surface area contributed by atoms with Crippen molar-refractivity contribution in [1.29, 1.82) is 0 Å². The summed E-state index contributed by atoms with van der Waals surface area (Å²) in [7, 11) is 1.46. The topological polar surface area (TPSA) is 79.9 Å². The molecule has 2 rings (SSSR count). The van der Waals surface area contributed by atoms with Crippen molar-refractivity contribution in [3.05, 3.63) is 34.9 Å². The van der Waals surface area contributed by atoms with Crippen LogP contribution in [0.5, 0.6) is 6.01 Å². The number of carbonyl (C=O) groups excluding carboxylic acids is 1. The summed E-state index contributed by atoms with van der Waals surface area (Å²) in [4.78, 5) is 16.0. The Bertz CT molecular complexity index is 557. The van der Waals surface area contributed by atoms with Crippen LogP contribution in [0.25, 0.3) is 0 Å². The Kier molecular flexibility index (Phi) is 3.27. The summed E-state index contributed by atoms with van der Waals surface area (Å²) < 4.78 is 4.82. The largest absolute Gasteiger partial charge is 0.466 e. The van der Waals surface area contributed by atoms with Crippen molar-refractivity contribution in [1.82, 2.24) is 15.2 Å². The summed E-state index contributed by atoms with van der Waals surface area (Å²) in [5.74, 6) is 0.0453. The van der Waals surface area contributed by atoms with Crippen LogP contribution in [0.2, 0.25) is 0 Å². The molecule has 1 aromatic heterocycles. The van der Waals surface area contributed by atoms with Gasteiger partial charge in [-0.05, 0) is 25.0 Å². The van der Waals surface area contributed by atoms with Crippen molar-refractivity contribution in [3.63, 3.8) is 0 Å². The Labute approximate surface area is 104 Å². The summed E-state index contributed by atoms with van der Waals surface area (Å²) in [5, 5.41) is 8.98. The van der Waals surface area contributed by atoms with Crippen LogP contribution in [0.3, 0.4) is 0 Å². The summed E-state index contributed by atoms with van der Waals surface area (Å²) in [6, 6.07) is 5.89. The predicted molar refractivity (Wildman–Crippen MR) is 66.8 cm³/mol. The third-order valence-electron chi connectivity index (χ3n) is 2.59. The van der Waals surface area contributed by atoms with Gasteiger partial charge in [-0.1, -0.05) is 18.2 Å². The number of amides is 1. The SMILES string of the molecule is COc1n[nH]c(NC(=O)c2c(C)cccc2C)n1. The third kappa shape index (κ3) is 2.32. The number of carbonyl (C=O) groups is 1. The van der Waals surface area contributed by atoms with Crippen LogP contribution in [-0.4, -0.2) is 28.2 Å². The molecule has 0 bridgehead atoms. The second kappa shape index (κ2) is 4.87. The highest BCUT2D eigenvalue weighted by Crippen LogP contribution is 2.15. The number of hydrogen-bond acceptors (Lipinski definition) is 4. The Hall–Kier alpha value is -2.37. The molecule has 0 unspecified atom stereocenters. The molecule has 2 N–H and O–H groups in total. The average Bonchev–Trinajstić information content (AvgIpc) is 2.76. The maximum absolute atomic E-state index is 12.1. The van der Waals surface area contributed by atoms with Crippen LogP contribution >= 0.6 is 0 Å². The fourth-order valence-corrected chi connectivity index (χ4v) is 1.74. The Balaban J connectivity index is 2.22. The Morgan fingerprint density at radius 2 is 2.00 bits per heavy atom. The van der Waals surface area contributed by atoms with Crippen molar-refractivity contribution in [3.8, 4) is 6.01 Å². The van der Waals surface area contributed by atoms with Crippen molar-refractivity contribution in [2.45, 2.75) is 13.8 Å². The maximum atomic E-state index is 12.1. The number of aryl methyl sites for hydroxylation is 2. The van der Waals surface area contributed by atoms with Gasteiger partial charge in [-0.2, -0.15) is 4.98 Å². The molecule has 6 nitrogen and oxygen atoms in total. The first-order valence-corrected chi connectivity index (χ1v) is 5.45. The van der Waals surface area contributed by atoms with E-state index in [1.807, 2.05) is 32.0 Å². The van der Waals surface area contributed by atoms with Gasteiger partial charge in [0.2, 0.25) is 5.95 Å². The zero-order valence-corrected chi connectivity index (χ0v) is 10.4. The van der Waals surface area contributed by atoms with Gasteiger partial charge in [0, 0.05) is 5.56 Å². The second-order valence-electron chi connectivity index (χ2n) is 3.89. The van der Waals surface area contributed by atoms with E-state index in [0.29, 0.717) is 5.56 Å². The van der Waals surface area contributed by atoms with Crippen LogP contribution in [0.4, 0.5) is 5.95 Å². The molecule has 1 amide bonds. The van der Waals surface area contributed by atoms with Gasteiger partial charge in [-0.15, -0.1) is 5.10 Å². The molecular formula is C12H14N4O2. The molecule has 0 aliphatic carbocycles. The molecule has 0 saturated carbocycles. The van der Waals surface area contributed by atoms with E-state index in [2.05, 4.69) is 20.5 Å². The highest BCUT2D eigenvalue weighted by Gasteiger charge is 2.13. The molecule has 6 heteroatoms. The van der Waals surface area contributed by atoms with Gasteiger partial charge < -0.3 is 4.74 Å². The monoisotopic (exact) mass is 246 g/mol. The van der Waals surface area contributed by atoms with Crippen molar-refractivity contribution in [2.24, 2.45) is 0 Å². The zero-order valence-electron chi connectivity index (χ0n) is 10.4. The molecule has 0 spiro atoms.